The van der Waals surface area contributed by atoms with Crippen LogP contribution < -0.4 is 0 Å². The van der Waals surface area contributed by atoms with Gasteiger partial charge in [-0.3, -0.25) is 21.0 Å². The molecule has 0 bridgehead atoms. The molecule has 0 aromatic heterocycles. The number of hydrogen-bond acceptors (Lipinski definition) is 4. The van der Waals surface area contributed by atoms with Crippen LogP contribution in [0.1, 0.15) is 97.1 Å². The smallest absolute Gasteiger partial charge is 0.0216 e. The zero-order valence-corrected chi connectivity index (χ0v) is 17.8. The summed E-state index contributed by atoms with van der Waals surface area (Å²) in [6.45, 7) is 16.1. The molecule has 0 amide bonds. The van der Waals surface area contributed by atoms with E-state index in [1.54, 1.807) is 0 Å². The van der Waals surface area contributed by atoms with Gasteiger partial charge in [0.1, 0.15) is 0 Å². The second-order valence-electron chi connectivity index (χ2n) is 8.20. The highest BCUT2D eigenvalue weighted by atomic mass is 17.0. The van der Waals surface area contributed by atoms with Gasteiger partial charge in [0.2, 0.25) is 0 Å². The van der Waals surface area contributed by atoms with Gasteiger partial charge in [-0.05, 0) is 53.6 Å². The molecule has 0 heterocycles. The summed E-state index contributed by atoms with van der Waals surface area (Å²) in [6.07, 6.45) is 5.92. The summed E-state index contributed by atoms with van der Waals surface area (Å²) in [4.78, 5) is 0. The van der Waals surface area contributed by atoms with E-state index >= 15 is 0 Å². The van der Waals surface area contributed by atoms with E-state index in [1.807, 2.05) is 0 Å². The summed E-state index contributed by atoms with van der Waals surface area (Å²) in [5.41, 5.74) is 2.99. The van der Waals surface area contributed by atoms with Gasteiger partial charge in [0.15, 0.2) is 0 Å². The van der Waals surface area contributed by atoms with Crippen molar-refractivity contribution in [2.75, 3.05) is 0 Å². The lowest BCUT2D eigenvalue weighted by atomic mass is 9.78. The zero-order valence-electron chi connectivity index (χ0n) is 17.8. The lowest BCUT2D eigenvalue weighted by Crippen LogP contribution is -2.16. The van der Waals surface area contributed by atoms with Gasteiger partial charge in [-0.2, -0.15) is 0 Å². The van der Waals surface area contributed by atoms with Crippen molar-refractivity contribution >= 4 is 0 Å². The highest BCUT2D eigenvalue weighted by Crippen LogP contribution is 2.32. The van der Waals surface area contributed by atoms with Crippen molar-refractivity contribution in [3.63, 3.8) is 0 Å². The standard InChI is InChI=1S/C12H18.C10H20.2H2O2/c1-9(2)11-7-5-6-8-12(11)10(3)4;1-8(2)10-6-4-9(3)5-7-10;2*1-2/h5-10H,1-4H3;8-10H,4-7H2,1-3H3;2*1-2H. The van der Waals surface area contributed by atoms with E-state index in [1.165, 1.54) is 36.8 Å². The van der Waals surface area contributed by atoms with Gasteiger partial charge < -0.3 is 0 Å². The second-order valence-corrected chi connectivity index (χ2v) is 8.20. The Morgan fingerprint density at radius 1 is 0.692 bits per heavy atom. The summed E-state index contributed by atoms with van der Waals surface area (Å²) < 4.78 is 0. The molecule has 0 saturated heterocycles. The van der Waals surface area contributed by atoms with Gasteiger partial charge in [-0.1, -0.05) is 85.6 Å². The van der Waals surface area contributed by atoms with Crippen LogP contribution in [0.2, 0.25) is 0 Å². The van der Waals surface area contributed by atoms with Crippen LogP contribution in [0.5, 0.6) is 0 Å². The van der Waals surface area contributed by atoms with Crippen molar-refractivity contribution < 1.29 is 21.0 Å². The molecule has 0 unspecified atom stereocenters. The van der Waals surface area contributed by atoms with Crippen LogP contribution in [0.25, 0.3) is 0 Å². The van der Waals surface area contributed by atoms with Gasteiger partial charge in [-0.25, -0.2) is 0 Å². The highest BCUT2D eigenvalue weighted by molar-refractivity contribution is 5.31. The van der Waals surface area contributed by atoms with Crippen molar-refractivity contribution in [3.8, 4) is 0 Å². The maximum Gasteiger partial charge on any atom is -0.0216 e. The fourth-order valence-electron chi connectivity index (χ4n) is 3.51. The number of benzene rings is 1. The zero-order chi connectivity index (χ0) is 20.7. The Labute approximate surface area is 160 Å². The van der Waals surface area contributed by atoms with Crippen LogP contribution in [0.15, 0.2) is 24.3 Å². The molecule has 154 valence electrons. The van der Waals surface area contributed by atoms with Crippen molar-refractivity contribution in [1.82, 2.24) is 0 Å². The Bertz CT molecular complexity index is 395. The number of rotatable bonds is 3. The fraction of sp³-hybridized carbons (Fsp3) is 0.727. The average Bonchev–Trinajstić information content (AvgIpc) is 2.66. The topological polar surface area (TPSA) is 80.9 Å². The highest BCUT2D eigenvalue weighted by Gasteiger charge is 2.20. The van der Waals surface area contributed by atoms with Crippen LogP contribution in [-0.2, 0) is 0 Å². The Morgan fingerprint density at radius 2 is 1.04 bits per heavy atom. The number of hydrogen-bond donors (Lipinski definition) is 4. The first-order chi connectivity index (χ1) is 12.3. The molecule has 1 aromatic carbocycles. The molecule has 4 heteroatoms. The van der Waals surface area contributed by atoms with Crippen molar-refractivity contribution in [3.05, 3.63) is 35.4 Å². The van der Waals surface area contributed by atoms with Crippen LogP contribution in [-0.4, -0.2) is 21.0 Å². The van der Waals surface area contributed by atoms with Crippen molar-refractivity contribution in [2.45, 2.75) is 86.0 Å². The Hall–Kier alpha value is -0.940. The van der Waals surface area contributed by atoms with Gasteiger partial charge in [-0.15, -0.1) is 0 Å². The normalized spacial score (nSPS) is 19.0. The predicted octanol–water partition coefficient (Wildman–Crippen LogP) is 7.44. The van der Waals surface area contributed by atoms with E-state index in [4.69, 9.17) is 21.0 Å². The van der Waals surface area contributed by atoms with E-state index in [0.29, 0.717) is 11.8 Å². The van der Waals surface area contributed by atoms with Crippen LogP contribution in [0, 0.1) is 17.8 Å². The summed E-state index contributed by atoms with van der Waals surface area (Å²) in [7, 11) is 0. The molecule has 0 aliphatic heterocycles. The quantitative estimate of drug-likeness (QED) is 0.329. The summed E-state index contributed by atoms with van der Waals surface area (Å²) in [5, 5.41) is 24.0. The molecule has 4 nitrogen and oxygen atoms in total. The minimum atomic E-state index is 0.642. The van der Waals surface area contributed by atoms with Gasteiger partial charge in [0.25, 0.3) is 0 Å². The Morgan fingerprint density at radius 3 is 1.31 bits per heavy atom. The SMILES string of the molecule is CC(C)c1ccccc1C(C)C.CC1CCC(C(C)C)CC1.OO.OO. The summed E-state index contributed by atoms with van der Waals surface area (Å²) >= 11 is 0. The third kappa shape index (κ3) is 10.9. The van der Waals surface area contributed by atoms with E-state index in [9.17, 15) is 0 Å². The molecule has 1 aliphatic rings. The monoisotopic (exact) mass is 370 g/mol. The van der Waals surface area contributed by atoms with E-state index in [-0.39, 0.29) is 0 Å². The Kier molecular flexibility index (Phi) is 17.0. The fourth-order valence-corrected chi connectivity index (χ4v) is 3.51. The first-order valence-corrected chi connectivity index (χ1v) is 9.81. The molecule has 0 atom stereocenters. The van der Waals surface area contributed by atoms with E-state index in [2.05, 4.69) is 72.7 Å². The van der Waals surface area contributed by atoms with Crippen molar-refractivity contribution in [2.24, 2.45) is 17.8 Å². The molecule has 4 N–H and O–H groups in total. The van der Waals surface area contributed by atoms with Crippen LogP contribution in [0.3, 0.4) is 0 Å². The molecule has 1 aliphatic carbocycles. The average molecular weight is 371 g/mol. The molecular weight excluding hydrogens is 328 g/mol. The van der Waals surface area contributed by atoms with Gasteiger partial charge >= 0.3 is 0 Å². The first-order valence-electron chi connectivity index (χ1n) is 9.81. The molecule has 1 aromatic rings. The van der Waals surface area contributed by atoms with Gasteiger partial charge in [0.05, 0.1) is 0 Å². The molecule has 1 saturated carbocycles. The maximum absolute atomic E-state index is 6.00. The molecule has 26 heavy (non-hydrogen) atoms. The molecular formula is C22H42O4. The lowest BCUT2D eigenvalue weighted by Gasteiger charge is -2.28. The lowest BCUT2D eigenvalue weighted by molar-refractivity contribution is -0.176. The van der Waals surface area contributed by atoms with Gasteiger partial charge in [0, 0.05) is 0 Å². The molecule has 0 radical (unpaired) electrons. The minimum Gasteiger partial charge on any atom is -0.255 e. The van der Waals surface area contributed by atoms with Crippen LogP contribution in [0.4, 0.5) is 0 Å². The third-order valence-electron chi connectivity index (χ3n) is 5.24. The largest absolute Gasteiger partial charge is 0.255 e. The molecule has 2 rings (SSSR count). The Balaban J connectivity index is 0. The summed E-state index contributed by atoms with van der Waals surface area (Å²) in [6, 6.07) is 8.72. The van der Waals surface area contributed by atoms with E-state index < -0.39 is 0 Å². The van der Waals surface area contributed by atoms with Crippen molar-refractivity contribution in [1.29, 1.82) is 0 Å². The first kappa shape index (κ1) is 27.3. The molecule has 0 spiro atoms. The molecule has 1 fully saturated rings. The summed E-state index contributed by atoms with van der Waals surface area (Å²) in [5.74, 6) is 4.26. The maximum atomic E-state index is 6.00. The third-order valence-corrected chi connectivity index (χ3v) is 5.24. The van der Waals surface area contributed by atoms with Crippen LogP contribution >= 0.6 is 0 Å². The predicted molar refractivity (Wildman–Crippen MR) is 111 cm³/mol. The second kappa shape index (κ2) is 16.2. The van der Waals surface area contributed by atoms with E-state index in [0.717, 1.165) is 17.8 Å². The minimum absolute atomic E-state index is 0.642.